The van der Waals surface area contributed by atoms with Crippen LogP contribution in [-0.2, 0) is 17.1 Å². The van der Waals surface area contributed by atoms with Crippen LogP contribution in [0.4, 0.5) is 16.2 Å². The average molecular weight is 375 g/mol. The van der Waals surface area contributed by atoms with Crippen molar-refractivity contribution in [1.82, 2.24) is 15.0 Å². The number of anilines is 2. The topological polar surface area (TPSA) is 132 Å². The maximum Gasteiger partial charge on any atom is 0.316 e. The fourth-order valence-electron chi connectivity index (χ4n) is 1.58. The molecule has 112 valence electrons. The Kier molecular flexibility index (Phi) is 4.14. The minimum atomic E-state index is -3.84. The van der Waals surface area contributed by atoms with Crippen LogP contribution in [0.3, 0.4) is 0 Å². The molecule has 0 bridgehead atoms. The number of aryl methyl sites for hydroxylation is 1. The van der Waals surface area contributed by atoms with Gasteiger partial charge in [0, 0.05) is 18.4 Å². The Balaban J connectivity index is 2.23. The van der Waals surface area contributed by atoms with E-state index in [1.807, 2.05) is 0 Å². The highest BCUT2D eigenvalue weighted by Gasteiger charge is 2.23. The zero-order chi connectivity index (χ0) is 15.6. The fourth-order valence-corrected chi connectivity index (χ4v) is 3.73. The molecular formula is C10H11BrN6O3S. The summed E-state index contributed by atoms with van der Waals surface area (Å²) in [4.78, 5) is 10.7. The maximum absolute atomic E-state index is 12.2. The fraction of sp³-hybridized carbons (Fsp3) is 0.100. The Morgan fingerprint density at radius 1 is 1.29 bits per heavy atom. The summed E-state index contributed by atoms with van der Waals surface area (Å²) in [5, 5.41) is 9.51. The van der Waals surface area contributed by atoms with Crippen molar-refractivity contribution in [3.8, 4) is 0 Å². The third kappa shape index (κ3) is 3.49. The zero-order valence-electron chi connectivity index (χ0n) is 10.7. The molecule has 0 aliphatic carbocycles. The number of sulfonamides is 1. The molecule has 2 amide bonds. The van der Waals surface area contributed by atoms with Crippen molar-refractivity contribution in [1.29, 1.82) is 0 Å². The van der Waals surface area contributed by atoms with Crippen molar-refractivity contribution in [3.63, 3.8) is 0 Å². The van der Waals surface area contributed by atoms with Crippen molar-refractivity contribution in [3.05, 3.63) is 28.9 Å². The van der Waals surface area contributed by atoms with E-state index in [9.17, 15) is 13.2 Å². The summed E-state index contributed by atoms with van der Waals surface area (Å²) in [6.07, 6.45) is 0. The van der Waals surface area contributed by atoms with Crippen LogP contribution in [0.5, 0.6) is 0 Å². The number of hydrogen-bond acceptors (Lipinski definition) is 5. The van der Waals surface area contributed by atoms with Crippen LogP contribution in [0.15, 0.2) is 33.9 Å². The average Bonchev–Trinajstić information content (AvgIpc) is 2.71. The summed E-state index contributed by atoms with van der Waals surface area (Å²) >= 11 is 3.03. The van der Waals surface area contributed by atoms with E-state index in [2.05, 4.69) is 36.3 Å². The van der Waals surface area contributed by atoms with E-state index < -0.39 is 16.1 Å². The second kappa shape index (κ2) is 5.69. The van der Waals surface area contributed by atoms with Gasteiger partial charge in [-0.25, -0.2) is 9.48 Å². The molecule has 0 fully saturated rings. The molecule has 2 rings (SSSR count). The van der Waals surface area contributed by atoms with Gasteiger partial charge in [-0.2, -0.15) is 8.42 Å². The number of halogens is 1. The summed E-state index contributed by atoms with van der Waals surface area (Å²) < 4.78 is 28.1. The normalized spacial score (nSPS) is 11.1. The van der Waals surface area contributed by atoms with Gasteiger partial charge >= 0.3 is 6.03 Å². The number of carbonyl (C=O) groups is 1. The molecular weight excluding hydrogens is 364 g/mol. The highest BCUT2D eigenvalue weighted by atomic mass is 79.9. The van der Waals surface area contributed by atoms with E-state index in [0.29, 0.717) is 11.4 Å². The number of benzene rings is 1. The van der Waals surface area contributed by atoms with Crippen LogP contribution in [0.25, 0.3) is 0 Å². The predicted octanol–water partition coefficient (Wildman–Crippen LogP) is 0.869. The second-order valence-corrected chi connectivity index (χ2v) is 6.33. The quantitative estimate of drug-likeness (QED) is 0.730. The van der Waals surface area contributed by atoms with Gasteiger partial charge in [-0.3, -0.25) is 4.72 Å². The Hall–Kier alpha value is -2.14. The molecule has 9 nitrogen and oxygen atoms in total. The van der Waals surface area contributed by atoms with Crippen LogP contribution < -0.4 is 15.8 Å². The van der Waals surface area contributed by atoms with Gasteiger partial charge in [0.2, 0.25) is 5.03 Å². The minimum Gasteiger partial charge on any atom is -0.351 e. The number of hydrogen-bond donors (Lipinski definition) is 3. The first-order valence-corrected chi connectivity index (χ1v) is 7.82. The lowest BCUT2D eigenvalue weighted by Gasteiger charge is -2.09. The lowest BCUT2D eigenvalue weighted by Crippen LogP contribution is -2.19. The Bertz CT molecular complexity index is 751. The molecule has 4 N–H and O–H groups in total. The van der Waals surface area contributed by atoms with Crippen LogP contribution in [0.1, 0.15) is 0 Å². The number of aromatic nitrogens is 3. The van der Waals surface area contributed by atoms with Crippen LogP contribution >= 0.6 is 15.9 Å². The number of nitrogens with one attached hydrogen (secondary N) is 2. The first-order chi connectivity index (χ1) is 9.79. The summed E-state index contributed by atoms with van der Waals surface area (Å²) in [7, 11) is -2.37. The third-order valence-electron chi connectivity index (χ3n) is 2.40. The number of rotatable bonds is 4. The van der Waals surface area contributed by atoms with Crippen molar-refractivity contribution < 1.29 is 13.2 Å². The van der Waals surface area contributed by atoms with Crippen molar-refractivity contribution >= 4 is 43.4 Å². The summed E-state index contributed by atoms with van der Waals surface area (Å²) in [5.41, 5.74) is 5.75. The molecule has 0 aliphatic rings. The first-order valence-electron chi connectivity index (χ1n) is 5.54. The lowest BCUT2D eigenvalue weighted by molar-refractivity contribution is 0.259. The summed E-state index contributed by atoms with van der Waals surface area (Å²) in [5.74, 6) is 0. The molecule has 1 aromatic heterocycles. The largest absolute Gasteiger partial charge is 0.351 e. The van der Waals surface area contributed by atoms with Crippen LogP contribution in [0, 0.1) is 0 Å². The molecule has 0 saturated heterocycles. The van der Waals surface area contributed by atoms with Gasteiger partial charge in [-0.15, -0.1) is 5.10 Å². The predicted molar refractivity (Wildman–Crippen MR) is 79.2 cm³/mol. The van der Waals surface area contributed by atoms with E-state index >= 15 is 0 Å². The molecule has 2 aromatic rings. The molecule has 0 saturated carbocycles. The smallest absolute Gasteiger partial charge is 0.316 e. The van der Waals surface area contributed by atoms with Gasteiger partial charge in [0.25, 0.3) is 10.0 Å². The van der Waals surface area contributed by atoms with E-state index in [1.165, 1.54) is 31.3 Å². The van der Waals surface area contributed by atoms with E-state index in [-0.39, 0.29) is 9.63 Å². The molecule has 0 atom stereocenters. The van der Waals surface area contributed by atoms with Gasteiger partial charge in [-0.1, -0.05) is 5.21 Å². The van der Waals surface area contributed by atoms with Crippen molar-refractivity contribution in [2.45, 2.75) is 5.03 Å². The minimum absolute atomic E-state index is 0.0955. The molecule has 0 unspecified atom stereocenters. The van der Waals surface area contributed by atoms with Crippen LogP contribution in [0.2, 0.25) is 0 Å². The van der Waals surface area contributed by atoms with Gasteiger partial charge in [0.1, 0.15) is 0 Å². The van der Waals surface area contributed by atoms with Gasteiger partial charge in [0.15, 0.2) is 4.60 Å². The van der Waals surface area contributed by atoms with E-state index in [1.54, 1.807) is 0 Å². The van der Waals surface area contributed by atoms with Crippen molar-refractivity contribution in [2.75, 3.05) is 10.0 Å². The summed E-state index contributed by atoms with van der Waals surface area (Å²) in [6.45, 7) is 0. The maximum atomic E-state index is 12.2. The number of urea groups is 1. The molecule has 0 spiro atoms. The molecule has 0 radical (unpaired) electrons. The number of nitrogens with zero attached hydrogens (tertiary/aromatic N) is 3. The monoisotopic (exact) mass is 374 g/mol. The van der Waals surface area contributed by atoms with Gasteiger partial charge < -0.3 is 11.1 Å². The summed E-state index contributed by atoms with van der Waals surface area (Å²) in [6, 6.07) is 5.30. The van der Waals surface area contributed by atoms with Crippen molar-refractivity contribution in [2.24, 2.45) is 12.8 Å². The van der Waals surface area contributed by atoms with Gasteiger partial charge in [-0.05, 0) is 40.2 Å². The molecule has 1 heterocycles. The molecule has 0 aliphatic heterocycles. The van der Waals surface area contributed by atoms with Gasteiger partial charge in [0.05, 0.1) is 0 Å². The highest BCUT2D eigenvalue weighted by Crippen LogP contribution is 2.22. The Labute approximate surface area is 128 Å². The number of carbonyl (C=O) groups excluding carboxylic acids is 1. The molecule has 1 aromatic carbocycles. The van der Waals surface area contributed by atoms with Crippen LogP contribution in [-0.4, -0.2) is 29.4 Å². The molecule has 11 heteroatoms. The third-order valence-corrected chi connectivity index (χ3v) is 4.66. The first kappa shape index (κ1) is 15.3. The molecule has 21 heavy (non-hydrogen) atoms. The Morgan fingerprint density at radius 3 is 2.33 bits per heavy atom. The zero-order valence-corrected chi connectivity index (χ0v) is 13.1. The van der Waals surface area contributed by atoms with E-state index in [0.717, 1.165) is 4.68 Å². The highest BCUT2D eigenvalue weighted by molar-refractivity contribution is 9.10. The number of nitrogens with two attached hydrogens (primary N) is 1. The second-order valence-electron chi connectivity index (χ2n) is 3.98. The van der Waals surface area contributed by atoms with E-state index in [4.69, 9.17) is 5.73 Å². The number of primary amides is 1. The lowest BCUT2D eigenvalue weighted by atomic mass is 10.3. The standard InChI is InChI=1S/C10H11BrN6O3S/c1-17-9(8(11)14-16-17)21(19,20)15-7-4-2-6(3-5-7)13-10(12)18/h2-5,15H,1H3,(H3,12,13,18). The number of amides is 2. The SMILES string of the molecule is Cn1nnc(Br)c1S(=O)(=O)Nc1ccc(NC(N)=O)cc1. The Morgan fingerprint density at radius 2 is 1.86 bits per heavy atom.